The number of aromatic nitrogens is 2. The van der Waals surface area contributed by atoms with Crippen LogP contribution in [-0.2, 0) is 4.79 Å². The minimum absolute atomic E-state index is 0.0224. The van der Waals surface area contributed by atoms with Gasteiger partial charge < -0.3 is 14.2 Å². The van der Waals surface area contributed by atoms with E-state index in [1.807, 2.05) is 22.4 Å². The van der Waals surface area contributed by atoms with Gasteiger partial charge in [0.25, 0.3) is 16.8 Å². The summed E-state index contributed by atoms with van der Waals surface area (Å²) in [6, 6.07) is 10.3. The van der Waals surface area contributed by atoms with Gasteiger partial charge in [-0.1, -0.05) is 17.8 Å². The van der Waals surface area contributed by atoms with Gasteiger partial charge in [0.2, 0.25) is 5.91 Å². The summed E-state index contributed by atoms with van der Waals surface area (Å²) >= 11 is 2.76. The normalized spacial score (nSPS) is 14.2. The van der Waals surface area contributed by atoms with E-state index >= 15 is 0 Å². The van der Waals surface area contributed by atoms with Crippen LogP contribution in [0.5, 0.6) is 0 Å². The topological polar surface area (TPSA) is 106 Å². The summed E-state index contributed by atoms with van der Waals surface area (Å²) in [4.78, 5) is 27.7. The third kappa shape index (κ3) is 4.57. The van der Waals surface area contributed by atoms with E-state index in [2.05, 4.69) is 15.1 Å². The molecule has 3 aromatic rings. The van der Waals surface area contributed by atoms with Gasteiger partial charge >= 0.3 is 0 Å². The Bertz CT molecular complexity index is 982. The van der Waals surface area contributed by atoms with Gasteiger partial charge in [0, 0.05) is 44.0 Å². The number of carbonyl (C=O) groups is 1. The molecule has 0 atom stereocenters. The van der Waals surface area contributed by atoms with Crippen molar-refractivity contribution in [3.8, 4) is 10.8 Å². The van der Waals surface area contributed by atoms with Crippen molar-refractivity contribution in [3.63, 3.8) is 0 Å². The van der Waals surface area contributed by atoms with Gasteiger partial charge in [-0.05, 0) is 23.6 Å². The zero-order chi connectivity index (χ0) is 20.2. The molecule has 1 amide bonds. The smallest absolute Gasteiger partial charge is 0.277 e. The first kappa shape index (κ1) is 19.4. The predicted molar refractivity (Wildman–Crippen MR) is 110 cm³/mol. The number of thioether (sulfide) groups is 1. The van der Waals surface area contributed by atoms with E-state index in [9.17, 15) is 14.9 Å². The van der Waals surface area contributed by atoms with Crippen molar-refractivity contribution in [2.24, 2.45) is 0 Å². The molecule has 9 nitrogen and oxygen atoms in total. The molecule has 1 aromatic carbocycles. The number of hydrogen-bond acceptors (Lipinski definition) is 9. The fraction of sp³-hybridized carbons (Fsp3) is 0.278. The van der Waals surface area contributed by atoms with Gasteiger partial charge in [-0.2, -0.15) is 0 Å². The molecule has 3 heterocycles. The standard InChI is InChI=1S/C18H17N5O4S2/c24-16(12-29-18-20-19-17(27-18)15-2-1-11-28-15)22-9-7-21(8-10-22)13-3-5-14(6-4-13)23(25)26/h1-6,11H,7-10,12H2. The van der Waals surface area contributed by atoms with E-state index in [0.717, 1.165) is 10.6 Å². The fourth-order valence-corrected chi connectivity index (χ4v) is 4.29. The highest BCUT2D eigenvalue weighted by Gasteiger charge is 2.22. The number of nitro groups is 1. The van der Waals surface area contributed by atoms with Crippen LogP contribution in [0.25, 0.3) is 10.8 Å². The average Bonchev–Trinajstić information content (AvgIpc) is 3.44. The molecule has 0 radical (unpaired) electrons. The van der Waals surface area contributed by atoms with Gasteiger partial charge in [-0.25, -0.2) is 0 Å². The molecule has 1 fully saturated rings. The molecule has 0 bridgehead atoms. The Morgan fingerprint density at radius 1 is 1.17 bits per heavy atom. The molecule has 150 valence electrons. The maximum Gasteiger partial charge on any atom is 0.277 e. The van der Waals surface area contributed by atoms with E-state index < -0.39 is 4.92 Å². The third-order valence-corrected chi connectivity index (χ3v) is 6.18. The van der Waals surface area contributed by atoms with Crippen molar-refractivity contribution in [1.82, 2.24) is 15.1 Å². The quantitative estimate of drug-likeness (QED) is 0.333. The van der Waals surface area contributed by atoms with E-state index in [1.54, 1.807) is 12.1 Å². The lowest BCUT2D eigenvalue weighted by atomic mass is 10.2. The highest BCUT2D eigenvalue weighted by Crippen LogP contribution is 2.27. The summed E-state index contributed by atoms with van der Waals surface area (Å²) in [6.07, 6.45) is 0. The number of anilines is 1. The van der Waals surface area contributed by atoms with Gasteiger partial charge in [0.15, 0.2) is 0 Å². The molecule has 0 N–H and O–H groups in total. The van der Waals surface area contributed by atoms with Gasteiger partial charge in [0.1, 0.15) is 0 Å². The number of rotatable bonds is 6. The van der Waals surface area contributed by atoms with Crippen molar-refractivity contribution >= 4 is 40.4 Å². The van der Waals surface area contributed by atoms with Crippen LogP contribution in [0.2, 0.25) is 0 Å². The minimum atomic E-state index is -0.412. The predicted octanol–water partition coefficient (Wildman–Crippen LogP) is 3.15. The van der Waals surface area contributed by atoms with Crippen LogP contribution in [0.4, 0.5) is 11.4 Å². The number of thiophene rings is 1. The maximum absolute atomic E-state index is 12.5. The molecule has 1 aliphatic rings. The van der Waals surface area contributed by atoms with Crippen LogP contribution in [0.1, 0.15) is 0 Å². The largest absolute Gasteiger partial charge is 0.410 e. The molecule has 0 aliphatic carbocycles. The van der Waals surface area contributed by atoms with Crippen molar-refractivity contribution in [3.05, 3.63) is 51.9 Å². The van der Waals surface area contributed by atoms with Crippen LogP contribution >= 0.6 is 23.1 Å². The number of non-ortho nitro benzene ring substituents is 1. The van der Waals surface area contributed by atoms with Crippen LogP contribution < -0.4 is 4.90 Å². The molecule has 0 unspecified atom stereocenters. The van der Waals surface area contributed by atoms with E-state index in [4.69, 9.17) is 4.42 Å². The van der Waals surface area contributed by atoms with Crippen LogP contribution in [0.15, 0.2) is 51.4 Å². The van der Waals surface area contributed by atoms with E-state index in [1.165, 1.54) is 35.2 Å². The average molecular weight is 431 g/mol. The van der Waals surface area contributed by atoms with Crippen LogP contribution in [0.3, 0.4) is 0 Å². The SMILES string of the molecule is O=C(CSc1nnc(-c2cccs2)o1)N1CCN(c2ccc([N+](=O)[O-])cc2)CC1. The van der Waals surface area contributed by atoms with Gasteiger partial charge in [0.05, 0.1) is 15.6 Å². The van der Waals surface area contributed by atoms with E-state index in [0.29, 0.717) is 37.3 Å². The van der Waals surface area contributed by atoms with Crippen LogP contribution in [0, 0.1) is 10.1 Å². The van der Waals surface area contributed by atoms with Crippen LogP contribution in [-0.4, -0.2) is 57.9 Å². The van der Waals surface area contributed by atoms with Crippen molar-refractivity contribution in [1.29, 1.82) is 0 Å². The molecular formula is C18H17N5O4S2. The Kier molecular flexibility index (Phi) is 5.76. The lowest BCUT2D eigenvalue weighted by Crippen LogP contribution is -2.49. The molecule has 0 saturated carbocycles. The first-order chi connectivity index (χ1) is 14.1. The molecule has 1 saturated heterocycles. The number of carbonyl (C=O) groups excluding carboxylic acids is 1. The van der Waals surface area contributed by atoms with Gasteiger partial charge in [-0.3, -0.25) is 14.9 Å². The van der Waals surface area contributed by atoms with Gasteiger partial charge in [-0.15, -0.1) is 21.5 Å². The number of hydrogen-bond donors (Lipinski definition) is 0. The molecule has 0 spiro atoms. The zero-order valence-corrected chi connectivity index (χ0v) is 16.9. The Morgan fingerprint density at radius 2 is 1.93 bits per heavy atom. The summed E-state index contributed by atoms with van der Waals surface area (Å²) < 4.78 is 5.59. The Morgan fingerprint density at radius 3 is 2.59 bits per heavy atom. The lowest BCUT2D eigenvalue weighted by molar-refractivity contribution is -0.384. The fourth-order valence-electron chi connectivity index (χ4n) is 2.98. The lowest BCUT2D eigenvalue weighted by Gasteiger charge is -2.36. The summed E-state index contributed by atoms with van der Waals surface area (Å²) in [7, 11) is 0. The maximum atomic E-state index is 12.5. The van der Waals surface area contributed by atoms with Crippen molar-refractivity contribution in [2.45, 2.75) is 5.22 Å². The highest BCUT2D eigenvalue weighted by molar-refractivity contribution is 7.99. The monoisotopic (exact) mass is 431 g/mol. The molecule has 2 aromatic heterocycles. The molecule has 1 aliphatic heterocycles. The minimum Gasteiger partial charge on any atom is -0.410 e. The number of nitro benzene ring substituents is 1. The summed E-state index contributed by atoms with van der Waals surface area (Å²) in [5.41, 5.74) is 0.992. The Hall–Kier alpha value is -2.92. The van der Waals surface area contributed by atoms with Crippen molar-refractivity contribution < 1.29 is 14.1 Å². The van der Waals surface area contributed by atoms with Crippen molar-refractivity contribution in [2.75, 3.05) is 36.8 Å². The second-order valence-electron chi connectivity index (χ2n) is 6.28. The molecule has 29 heavy (non-hydrogen) atoms. The zero-order valence-electron chi connectivity index (χ0n) is 15.3. The first-order valence-electron chi connectivity index (χ1n) is 8.87. The number of piperazine rings is 1. The third-order valence-electron chi connectivity index (χ3n) is 4.52. The second-order valence-corrected chi connectivity index (χ2v) is 8.15. The number of nitrogens with zero attached hydrogens (tertiary/aromatic N) is 5. The summed E-state index contributed by atoms with van der Waals surface area (Å²) in [5.74, 6) is 0.727. The Labute approximate surface area is 174 Å². The summed E-state index contributed by atoms with van der Waals surface area (Å²) in [5, 5.41) is 21.1. The molecule has 4 rings (SSSR count). The Balaban J connectivity index is 1.26. The first-order valence-corrected chi connectivity index (χ1v) is 10.7. The summed E-state index contributed by atoms with van der Waals surface area (Å²) in [6.45, 7) is 2.55. The number of amides is 1. The number of benzene rings is 1. The molecular weight excluding hydrogens is 414 g/mol. The highest BCUT2D eigenvalue weighted by atomic mass is 32.2. The van der Waals surface area contributed by atoms with E-state index in [-0.39, 0.29) is 17.3 Å². The second kappa shape index (κ2) is 8.62. The molecule has 11 heteroatoms.